The summed E-state index contributed by atoms with van der Waals surface area (Å²) < 4.78 is 0. The fourth-order valence-corrected chi connectivity index (χ4v) is 4.21. The van der Waals surface area contributed by atoms with E-state index in [1.54, 1.807) is 17.4 Å². The Hall–Kier alpha value is -2.14. The molecule has 21 heavy (non-hydrogen) atoms. The lowest BCUT2D eigenvalue weighted by atomic mass is 10.2. The van der Waals surface area contributed by atoms with Gasteiger partial charge in [-0.15, -0.1) is 11.3 Å². The van der Waals surface area contributed by atoms with Crippen LogP contribution in [0.2, 0.25) is 0 Å². The summed E-state index contributed by atoms with van der Waals surface area (Å²) in [4.78, 5) is 11.6. The Labute approximate surface area is 126 Å². The lowest BCUT2D eigenvalue weighted by Crippen LogP contribution is -1.99. The van der Waals surface area contributed by atoms with Crippen molar-refractivity contribution >= 4 is 33.1 Å². The first-order valence-corrected chi connectivity index (χ1v) is 7.88. The molecule has 2 aromatic heterocycles. The summed E-state index contributed by atoms with van der Waals surface area (Å²) in [6, 6.07) is 7.23. The normalized spacial score (nSPS) is 13.6. The minimum Gasteiger partial charge on any atom is -0.506 e. The van der Waals surface area contributed by atoms with E-state index in [0.29, 0.717) is 5.69 Å². The van der Waals surface area contributed by atoms with Gasteiger partial charge in [0.1, 0.15) is 22.2 Å². The standard InChI is InChI=1S/C16H15N3OS/c1-9-17-15(19-11-6-2-3-7-12(11)20)14-10-5-4-8-13(10)21-16(14)18-9/h2-3,6-7,20H,4-5,8H2,1H3,(H,17,18,19). The molecule has 1 aliphatic rings. The van der Waals surface area contributed by atoms with E-state index in [-0.39, 0.29) is 5.75 Å². The predicted octanol–water partition coefficient (Wildman–Crippen LogP) is 3.94. The third-order valence-electron chi connectivity index (χ3n) is 3.83. The molecule has 0 amide bonds. The third kappa shape index (κ3) is 2.05. The number of aryl methyl sites for hydroxylation is 3. The molecule has 0 unspecified atom stereocenters. The number of phenolic OH excluding ortho intramolecular Hbond substituents is 1. The molecule has 1 aliphatic carbocycles. The number of nitrogens with one attached hydrogen (secondary N) is 1. The average molecular weight is 297 g/mol. The number of fused-ring (bicyclic) bond motifs is 3. The number of hydrogen-bond acceptors (Lipinski definition) is 5. The van der Waals surface area contributed by atoms with Gasteiger partial charge in [0, 0.05) is 4.88 Å². The Kier molecular flexibility index (Phi) is 2.82. The largest absolute Gasteiger partial charge is 0.506 e. The van der Waals surface area contributed by atoms with Crippen molar-refractivity contribution in [2.75, 3.05) is 5.32 Å². The molecule has 0 aliphatic heterocycles. The van der Waals surface area contributed by atoms with E-state index in [1.165, 1.54) is 16.9 Å². The monoisotopic (exact) mass is 297 g/mol. The molecule has 0 saturated carbocycles. The van der Waals surface area contributed by atoms with Crippen LogP contribution in [0.15, 0.2) is 24.3 Å². The van der Waals surface area contributed by atoms with Crippen molar-refractivity contribution in [1.82, 2.24) is 9.97 Å². The highest BCUT2D eigenvalue weighted by molar-refractivity contribution is 7.19. The second-order valence-electron chi connectivity index (χ2n) is 5.30. The number of thiophene rings is 1. The van der Waals surface area contributed by atoms with E-state index in [1.807, 2.05) is 25.1 Å². The van der Waals surface area contributed by atoms with Crippen LogP contribution in [0.4, 0.5) is 11.5 Å². The number of rotatable bonds is 2. The number of aromatic nitrogens is 2. The second kappa shape index (κ2) is 4.70. The minimum atomic E-state index is 0.230. The number of aromatic hydroxyl groups is 1. The van der Waals surface area contributed by atoms with Crippen molar-refractivity contribution in [3.05, 3.63) is 40.5 Å². The lowest BCUT2D eigenvalue weighted by molar-refractivity contribution is 0.477. The van der Waals surface area contributed by atoms with Crippen LogP contribution in [0.25, 0.3) is 10.2 Å². The molecule has 3 aromatic rings. The zero-order chi connectivity index (χ0) is 14.4. The van der Waals surface area contributed by atoms with Crippen LogP contribution >= 0.6 is 11.3 Å². The van der Waals surface area contributed by atoms with E-state index < -0.39 is 0 Å². The molecule has 0 bridgehead atoms. The van der Waals surface area contributed by atoms with Gasteiger partial charge in [0.25, 0.3) is 0 Å². The van der Waals surface area contributed by atoms with Crippen molar-refractivity contribution < 1.29 is 5.11 Å². The first-order chi connectivity index (χ1) is 10.2. The third-order valence-corrected chi connectivity index (χ3v) is 5.02. The molecular weight excluding hydrogens is 282 g/mol. The lowest BCUT2D eigenvalue weighted by Gasteiger charge is -2.10. The molecule has 2 heterocycles. The molecule has 0 spiro atoms. The first kappa shape index (κ1) is 12.6. The summed E-state index contributed by atoms with van der Waals surface area (Å²) >= 11 is 1.78. The van der Waals surface area contributed by atoms with Crippen LogP contribution < -0.4 is 5.32 Å². The molecule has 0 radical (unpaired) electrons. The second-order valence-corrected chi connectivity index (χ2v) is 6.38. The van der Waals surface area contributed by atoms with E-state index in [4.69, 9.17) is 0 Å². The Bertz CT molecular complexity index is 841. The summed E-state index contributed by atoms with van der Waals surface area (Å²) in [5.41, 5.74) is 2.06. The zero-order valence-corrected chi connectivity index (χ0v) is 12.5. The van der Waals surface area contributed by atoms with Gasteiger partial charge in [-0.3, -0.25) is 0 Å². The fraction of sp³-hybridized carbons (Fsp3) is 0.250. The van der Waals surface area contributed by atoms with Crippen LogP contribution in [0.1, 0.15) is 22.7 Å². The SMILES string of the molecule is Cc1nc(Nc2ccccc2O)c2c3c(sc2n1)CCC3. The predicted molar refractivity (Wildman–Crippen MR) is 85.6 cm³/mol. The Balaban J connectivity index is 1.90. The van der Waals surface area contributed by atoms with E-state index in [0.717, 1.165) is 34.7 Å². The van der Waals surface area contributed by atoms with Crippen molar-refractivity contribution in [3.63, 3.8) is 0 Å². The van der Waals surface area contributed by atoms with Gasteiger partial charge >= 0.3 is 0 Å². The molecule has 4 rings (SSSR count). The Morgan fingerprint density at radius 3 is 2.90 bits per heavy atom. The summed E-state index contributed by atoms with van der Waals surface area (Å²) in [5.74, 6) is 1.78. The minimum absolute atomic E-state index is 0.230. The van der Waals surface area contributed by atoms with Crippen LogP contribution in [0.3, 0.4) is 0 Å². The number of benzene rings is 1. The highest BCUT2D eigenvalue weighted by Crippen LogP contribution is 2.40. The van der Waals surface area contributed by atoms with Gasteiger partial charge in [0.15, 0.2) is 0 Å². The van der Waals surface area contributed by atoms with Gasteiger partial charge in [-0.05, 0) is 43.9 Å². The molecule has 0 atom stereocenters. The molecular formula is C16H15N3OS. The maximum atomic E-state index is 9.95. The smallest absolute Gasteiger partial charge is 0.143 e. The quantitative estimate of drug-likeness (QED) is 0.703. The van der Waals surface area contributed by atoms with Crippen LogP contribution in [-0.4, -0.2) is 15.1 Å². The molecule has 2 N–H and O–H groups in total. The molecule has 0 fully saturated rings. The summed E-state index contributed by atoms with van der Waals surface area (Å²) in [6.07, 6.45) is 3.45. The summed E-state index contributed by atoms with van der Waals surface area (Å²) in [7, 11) is 0. The summed E-state index contributed by atoms with van der Waals surface area (Å²) in [5, 5.41) is 14.4. The van der Waals surface area contributed by atoms with Crippen molar-refractivity contribution in [3.8, 4) is 5.75 Å². The van der Waals surface area contributed by atoms with Crippen molar-refractivity contribution in [2.45, 2.75) is 26.2 Å². The summed E-state index contributed by atoms with van der Waals surface area (Å²) in [6.45, 7) is 1.90. The van der Waals surface area contributed by atoms with Crippen LogP contribution in [0, 0.1) is 6.92 Å². The number of anilines is 2. The molecule has 1 aromatic carbocycles. The van der Waals surface area contributed by atoms with Crippen LogP contribution in [-0.2, 0) is 12.8 Å². The zero-order valence-electron chi connectivity index (χ0n) is 11.7. The maximum absolute atomic E-state index is 9.95. The van der Waals surface area contributed by atoms with E-state index in [2.05, 4.69) is 15.3 Å². The molecule has 4 nitrogen and oxygen atoms in total. The molecule has 0 saturated heterocycles. The number of hydrogen-bond donors (Lipinski definition) is 2. The molecule has 5 heteroatoms. The number of phenols is 1. The topological polar surface area (TPSA) is 58.0 Å². The maximum Gasteiger partial charge on any atom is 0.143 e. The fourth-order valence-electron chi connectivity index (χ4n) is 2.90. The first-order valence-electron chi connectivity index (χ1n) is 7.06. The molecule has 106 valence electrons. The van der Waals surface area contributed by atoms with E-state index >= 15 is 0 Å². The van der Waals surface area contributed by atoms with Crippen molar-refractivity contribution in [1.29, 1.82) is 0 Å². The van der Waals surface area contributed by atoms with Gasteiger partial charge in [-0.1, -0.05) is 12.1 Å². The Morgan fingerprint density at radius 2 is 2.05 bits per heavy atom. The van der Waals surface area contributed by atoms with Gasteiger partial charge in [0.2, 0.25) is 0 Å². The average Bonchev–Trinajstić information content (AvgIpc) is 3.01. The Morgan fingerprint density at radius 1 is 1.19 bits per heavy atom. The van der Waals surface area contributed by atoms with Crippen molar-refractivity contribution in [2.24, 2.45) is 0 Å². The van der Waals surface area contributed by atoms with E-state index in [9.17, 15) is 5.11 Å². The van der Waals surface area contributed by atoms with Gasteiger partial charge < -0.3 is 10.4 Å². The highest BCUT2D eigenvalue weighted by Gasteiger charge is 2.22. The van der Waals surface area contributed by atoms with Gasteiger partial charge in [0.05, 0.1) is 11.1 Å². The van der Waals surface area contributed by atoms with Gasteiger partial charge in [-0.25, -0.2) is 9.97 Å². The van der Waals surface area contributed by atoms with Gasteiger partial charge in [-0.2, -0.15) is 0 Å². The highest BCUT2D eigenvalue weighted by atomic mass is 32.1. The van der Waals surface area contributed by atoms with Crippen LogP contribution in [0.5, 0.6) is 5.75 Å². The number of nitrogens with zero attached hydrogens (tertiary/aromatic N) is 2. The number of para-hydroxylation sites is 2.